The lowest BCUT2D eigenvalue weighted by Gasteiger charge is -2.21. The van der Waals surface area contributed by atoms with Crippen molar-refractivity contribution in [1.82, 2.24) is 5.32 Å². The summed E-state index contributed by atoms with van der Waals surface area (Å²) in [4.78, 5) is 24.3. The molecule has 1 amide bonds. The highest BCUT2D eigenvalue weighted by atomic mass is 35.5. The van der Waals surface area contributed by atoms with Crippen molar-refractivity contribution in [2.24, 2.45) is 0 Å². The molecule has 26 heavy (non-hydrogen) atoms. The van der Waals surface area contributed by atoms with Crippen LogP contribution in [-0.2, 0) is 27.5 Å². The number of hydrogen-bond donors (Lipinski definition) is 1. The van der Waals surface area contributed by atoms with Crippen LogP contribution in [-0.4, -0.2) is 24.7 Å². The molecule has 1 heterocycles. The average Bonchev–Trinajstić information content (AvgIpc) is 2.66. The van der Waals surface area contributed by atoms with Gasteiger partial charge >= 0.3 is 5.97 Å². The summed E-state index contributed by atoms with van der Waals surface area (Å²) < 4.78 is 16.0. The Morgan fingerprint density at radius 1 is 1.27 bits per heavy atom. The van der Waals surface area contributed by atoms with Crippen LogP contribution in [0.1, 0.15) is 28.4 Å². The second-order valence-corrected chi connectivity index (χ2v) is 6.27. The molecule has 6 nitrogen and oxygen atoms in total. The predicted molar refractivity (Wildman–Crippen MR) is 94.9 cm³/mol. The standard InChI is InChI=1S/C19H18ClNO5/c1-12(21-18(22)13-5-3-2-4-6-13)19(23)25-10-15-8-16(20)7-14-9-24-11-26-17(14)15/h2-8,12H,9-11H2,1H3,(H,21,22)/t12-/m0/s1. The molecule has 0 aromatic heterocycles. The van der Waals surface area contributed by atoms with E-state index in [0.717, 1.165) is 5.56 Å². The van der Waals surface area contributed by atoms with Gasteiger partial charge in [-0.25, -0.2) is 4.79 Å². The first kappa shape index (κ1) is 18.2. The number of carbonyl (C=O) groups excluding carboxylic acids is 2. The summed E-state index contributed by atoms with van der Waals surface area (Å²) >= 11 is 6.09. The summed E-state index contributed by atoms with van der Waals surface area (Å²) in [6.45, 7) is 2.09. The maximum atomic E-state index is 12.2. The molecule has 0 fully saturated rings. The molecular weight excluding hydrogens is 358 g/mol. The third-order valence-electron chi connectivity index (χ3n) is 3.86. The Morgan fingerprint density at radius 3 is 2.81 bits per heavy atom. The van der Waals surface area contributed by atoms with Crippen LogP contribution in [0.4, 0.5) is 0 Å². The molecule has 1 aliphatic rings. The van der Waals surface area contributed by atoms with E-state index >= 15 is 0 Å². The van der Waals surface area contributed by atoms with Gasteiger partial charge in [0.05, 0.1) is 6.61 Å². The molecule has 1 atom stereocenters. The molecule has 136 valence electrons. The highest BCUT2D eigenvalue weighted by Crippen LogP contribution is 2.32. The van der Waals surface area contributed by atoms with E-state index in [2.05, 4.69) is 5.32 Å². The fourth-order valence-corrected chi connectivity index (χ4v) is 2.83. The summed E-state index contributed by atoms with van der Waals surface area (Å²) in [6.07, 6.45) is 0. The fourth-order valence-electron chi connectivity index (χ4n) is 2.57. The minimum Gasteiger partial charge on any atom is -0.467 e. The average molecular weight is 376 g/mol. The van der Waals surface area contributed by atoms with Gasteiger partial charge in [0, 0.05) is 21.7 Å². The molecule has 0 aliphatic carbocycles. The van der Waals surface area contributed by atoms with Crippen molar-refractivity contribution in [2.75, 3.05) is 6.79 Å². The van der Waals surface area contributed by atoms with Gasteiger partial charge in [0.1, 0.15) is 18.4 Å². The zero-order valence-electron chi connectivity index (χ0n) is 14.2. The van der Waals surface area contributed by atoms with E-state index in [1.165, 1.54) is 0 Å². The van der Waals surface area contributed by atoms with Gasteiger partial charge in [-0.15, -0.1) is 0 Å². The molecule has 0 unspecified atom stereocenters. The molecule has 2 aromatic rings. The molecule has 2 aromatic carbocycles. The van der Waals surface area contributed by atoms with Crippen LogP contribution in [0.2, 0.25) is 5.02 Å². The number of ether oxygens (including phenoxy) is 3. The van der Waals surface area contributed by atoms with Crippen LogP contribution in [0.15, 0.2) is 42.5 Å². The summed E-state index contributed by atoms with van der Waals surface area (Å²) in [5.41, 5.74) is 1.94. The van der Waals surface area contributed by atoms with Gasteiger partial charge in [-0.05, 0) is 31.2 Å². The molecule has 0 bridgehead atoms. The molecule has 0 radical (unpaired) electrons. The number of hydrogen-bond acceptors (Lipinski definition) is 5. The van der Waals surface area contributed by atoms with Crippen LogP contribution < -0.4 is 10.1 Å². The van der Waals surface area contributed by atoms with Crippen LogP contribution in [0.25, 0.3) is 0 Å². The molecule has 3 rings (SSSR count). The Labute approximate surface area is 156 Å². The van der Waals surface area contributed by atoms with Crippen molar-refractivity contribution in [3.63, 3.8) is 0 Å². The summed E-state index contributed by atoms with van der Waals surface area (Å²) in [5, 5.41) is 3.12. The number of nitrogens with one attached hydrogen (secondary N) is 1. The van der Waals surface area contributed by atoms with Crippen molar-refractivity contribution >= 4 is 23.5 Å². The number of halogens is 1. The Hall–Kier alpha value is -2.57. The van der Waals surface area contributed by atoms with Gasteiger partial charge in [0.25, 0.3) is 5.91 Å². The number of rotatable bonds is 5. The molecule has 1 aliphatic heterocycles. The van der Waals surface area contributed by atoms with Crippen LogP contribution in [0.5, 0.6) is 5.75 Å². The number of esters is 1. The Kier molecular flexibility index (Phi) is 5.75. The first-order valence-electron chi connectivity index (χ1n) is 8.09. The van der Waals surface area contributed by atoms with E-state index in [-0.39, 0.29) is 19.3 Å². The molecule has 0 saturated heterocycles. The van der Waals surface area contributed by atoms with Crippen molar-refractivity contribution in [3.8, 4) is 5.75 Å². The maximum Gasteiger partial charge on any atom is 0.328 e. The van der Waals surface area contributed by atoms with E-state index < -0.39 is 12.0 Å². The van der Waals surface area contributed by atoms with E-state index in [0.29, 0.717) is 28.5 Å². The third kappa shape index (κ3) is 4.33. The minimum absolute atomic E-state index is 0.00667. The zero-order valence-corrected chi connectivity index (χ0v) is 14.9. The highest BCUT2D eigenvalue weighted by Gasteiger charge is 2.21. The van der Waals surface area contributed by atoms with E-state index in [1.54, 1.807) is 43.3 Å². The SMILES string of the molecule is C[C@H](NC(=O)c1ccccc1)C(=O)OCc1cc(Cl)cc2c1OCOC2. The maximum absolute atomic E-state index is 12.2. The summed E-state index contributed by atoms with van der Waals surface area (Å²) in [7, 11) is 0. The fraction of sp³-hybridized carbons (Fsp3) is 0.263. The zero-order chi connectivity index (χ0) is 18.5. The molecule has 0 saturated carbocycles. The number of fused-ring (bicyclic) bond motifs is 1. The number of amides is 1. The summed E-state index contributed by atoms with van der Waals surface area (Å²) in [6, 6.07) is 11.3. The van der Waals surface area contributed by atoms with Gasteiger partial charge in [-0.2, -0.15) is 0 Å². The van der Waals surface area contributed by atoms with Crippen LogP contribution >= 0.6 is 11.6 Å². The van der Waals surface area contributed by atoms with E-state index in [9.17, 15) is 9.59 Å². The number of benzene rings is 2. The monoisotopic (exact) mass is 375 g/mol. The Morgan fingerprint density at radius 2 is 2.04 bits per heavy atom. The Bertz CT molecular complexity index is 809. The Balaban J connectivity index is 1.60. The summed E-state index contributed by atoms with van der Waals surface area (Å²) in [5.74, 6) is -0.264. The molecule has 0 spiro atoms. The van der Waals surface area contributed by atoms with Gasteiger partial charge in [0.15, 0.2) is 6.79 Å². The van der Waals surface area contributed by atoms with Crippen LogP contribution in [0.3, 0.4) is 0 Å². The van der Waals surface area contributed by atoms with E-state index in [4.69, 9.17) is 25.8 Å². The van der Waals surface area contributed by atoms with Gasteiger partial charge in [0.2, 0.25) is 0 Å². The molecular formula is C19H18ClNO5. The van der Waals surface area contributed by atoms with Crippen molar-refractivity contribution in [3.05, 3.63) is 64.2 Å². The largest absolute Gasteiger partial charge is 0.467 e. The van der Waals surface area contributed by atoms with Crippen molar-refractivity contribution < 1.29 is 23.8 Å². The topological polar surface area (TPSA) is 73.9 Å². The second-order valence-electron chi connectivity index (χ2n) is 5.83. The molecule has 7 heteroatoms. The lowest BCUT2D eigenvalue weighted by molar-refractivity contribution is -0.146. The smallest absolute Gasteiger partial charge is 0.328 e. The second kappa shape index (κ2) is 8.21. The third-order valence-corrected chi connectivity index (χ3v) is 4.08. The normalized spacial score (nSPS) is 13.9. The van der Waals surface area contributed by atoms with Crippen LogP contribution in [0, 0.1) is 0 Å². The van der Waals surface area contributed by atoms with Crippen molar-refractivity contribution in [2.45, 2.75) is 26.2 Å². The first-order chi connectivity index (χ1) is 12.5. The van der Waals surface area contributed by atoms with E-state index in [1.807, 2.05) is 6.07 Å². The molecule has 1 N–H and O–H groups in total. The highest BCUT2D eigenvalue weighted by molar-refractivity contribution is 6.30. The quantitative estimate of drug-likeness (QED) is 0.813. The minimum atomic E-state index is -0.790. The van der Waals surface area contributed by atoms with Crippen molar-refractivity contribution in [1.29, 1.82) is 0 Å². The number of carbonyl (C=O) groups is 2. The first-order valence-corrected chi connectivity index (χ1v) is 8.47. The van der Waals surface area contributed by atoms with Gasteiger partial charge < -0.3 is 19.5 Å². The van der Waals surface area contributed by atoms with Gasteiger partial charge in [-0.3, -0.25) is 4.79 Å². The van der Waals surface area contributed by atoms with Gasteiger partial charge in [-0.1, -0.05) is 29.8 Å². The lowest BCUT2D eigenvalue weighted by atomic mass is 10.1. The predicted octanol–water partition coefficient (Wildman–Crippen LogP) is 3.07. The lowest BCUT2D eigenvalue weighted by Crippen LogP contribution is -2.39.